The van der Waals surface area contributed by atoms with Crippen LogP contribution < -0.4 is 4.90 Å². The topological polar surface area (TPSA) is 96.5 Å². The molecule has 0 aromatic heterocycles. The number of nitro groups is 1. The fraction of sp³-hybridized carbons (Fsp3) is 0.429. The highest BCUT2D eigenvalue weighted by atomic mass is 16.6. The van der Waals surface area contributed by atoms with Crippen LogP contribution in [0.15, 0.2) is 18.2 Å². The minimum atomic E-state index is -0.574. The van der Waals surface area contributed by atoms with Crippen LogP contribution in [0.3, 0.4) is 0 Å². The maximum Gasteiger partial charge on any atom is 0.280 e. The van der Waals surface area contributed by atoms with Crippen LogP contribution in [0.4, 0.5) is 11.4 Å². The van der Waals surface area contributed by atoms with Gasteiger partial charge in [0.15, 0.2) is 5.78 Å². The van der Waals surface area contributed by atoms with Crippen LogP contribution in [0, 0.1) is 21.4 Å². The van der Waals surface area contributed by atoms with E-state index in [0.717, 1.165) is 0 Å². The molecule has 0 amide bonds. The Kier molecular flexibility index (Phi) is 6.30. The Bertz CT molecular complexity index is 566. The van der Waals surface area contributed by atoms with Crippen molar-refractivity contribution in [2.45, 2.75) is 13.3 Å². The first-order valence-corrected chi connectivity index (χ1v) is 6.41. The number of ether oxygens (including phenoxy) is 1. The van der Waals surface area contributed by atoms with Gasteiger partial charge in [0.25, 0.3) is 5.69 Å². The fourth-order valence-electron chi connectivity index (χ4n) is 1.92. The molecular weight excluding hydrogens is 274 g/mol. The largest absolute Gasteiger partial charge is 0.383 e. The SMILES string of the molecule is COCCN(CCC#N)c1ccc([N+](=O)[O-])c(C(C)=O)c1. The zero-order valence-electron chi connectivity index (χ0n) is 12.0. The number of hydrogen-bond donors (Lipinski definition) is 0. The summed E-state index contributed by atoms with van der Waals surface area (Å²) < 4.78 is 5.01. The zero-order chi connectivity index (χ0) is 15.8. The Morgan fingerprint density at radius 3 is 2.71 bits per heavy atom. The second-order valence-electron chi connectivity index (χ2n) is 4.40. The zero-order valence-corrected chi connectivity index (χ0v) is 12.0. The third kappa shape index (κ3) is 4.54. The summed E-state index contributed by atoms with van der Waals surface area (Å²) in [7, 11) is 1.57. The van der Waals surface area contributed by atoms with Gasteiger partial charge < -0.3 is 9.64 Å². The third-order valence-electron chi connectivity index (χ3n) is 2.98. The summed E-state index contributed by atoms with van der Waals surface area (Å²) in [4.78, 5) is 23.8. The molecule has 0 saturated heterocycles. The summed E-state index contributed by atoms with van der Waals surface area (Å²) >= 11 is 0. The van der Waals surface area contributed by atoms with Crippen LogP contribution in [0.25, 0.3) is 0 Å². The second kappa shape index (κ2) is 7.97. The number of nitro benzene ring substituents is 1. The highest BCUT2D eigenvalue weighted by molar-refractivity contribution is 5.99. The van der Waals surface area contributed by atoms with Gasteiger partial charge in [-0.15, -0.1) is 0 Å². The van der Waals surface area contributed by atoms with E-state index in [2.05, 4.69) is 6.07 Å². The Morgan fingerprint density at radius 2 is 2.19 bits per heavy atom. The van der Waals surface area contributed by atoms with E-state index in [4.69, 9.17) is 10.00 Å². The number of ketones is 1. The van der Waals surface area contributed by atoms with E-state index in [9.17, 15) is 14.9 Å². The predicted molar refractivity (Wildman–Crippen MR) is 77.4 cm³/mol. The Balaban J connectivity index is 3.13. The standard InChI is InChI=1S/C14H17N3O4/c1-11(18)13-10-12(4-5-14(13)17(19)20)16(7-3-6-15)8-9-21-2/h4-5,10H,3,7-9H2,1-2H3. The number of nitrogens with zero attached hydrogens (tertiary/aromatic N) is 3. The maximum absolute atomic E-state index is 11.6. The lowest BCUT2D eigenvalue weighted by atomic mass is 10.1. The van der Waals surface area contributed by atoms with E-state index < -0.39 is 4.92 Å². The fourth-order valence-corrected chi connectivity index (χ4v) is 1.92. The summed E-state index contributed by atoms with van der Waals surface area (Å²) in [6.45, 7) is 2.75. The molecule has 7 heteroatoms. The van der Waals surface area contributed by atoms with Crippen LogP contribution in [0.2, 0.25) is 0 Å². The quantitative estimate of drug-likeness (QED) is 0.413. The van der Waals surface area contributed by atoms with Crippen LogP contribution in [0.1, 0.15) is 23.7 Å². The molecule has 21 heavy (non-hydrogen) atoms. The van der Waals surface area contributed by atoms with E-state index in [1.165, 1.54) is 19.1 Å². The van der Waals surface area contributed by atoms with E-state index in [0.29, 0.717) is 31.8 Å². The van der Waals surface area contributed by atoms with Gasteiger partial charge in [-0.05, 0) is 19.1 Å². The number of methoxy groups -OCH3 is 1. The van der Waals surface area contributed by atoms with Crippen molar-refractivity contribution in [3.8, 4) is 6.07 Å². The van der Waals surface area contributed by atoms with Crippen molar-refractivity contribution < 1.29 is 14.5 Å². The van der Waals surface area contributed by atoms with Gasteiger partial charge in [0, 0.05) is 32.0 Å². The van der Waals surface area contributed by atoms with Gasteiger partial charge in [0.1, 0.15) is 0 Å². The molecule has 0 atom stereocenters. The van der Waals surface area contributed by atoms with Crippen LogP contribution in [-0.2, 0) is 4.74 Å². The average Bonchev–Trinajstić information content (AvgIpc) is 2.46. The van der Waals surface area contributed by atoms with Gasteiger partial charge in [0.2, 0.25) is 0 Å². The maximum atomic E-state index is 11.6. The second-order valence-corrected chi connectivity index (χ2v) is 4.40. The lowest BCUT2D eigenvalue weighted by Crippen LogP contribution is -2.28. The number of Topliss-reactive ketones (excluding diaryl/α,β-unsaturated/α-hetero) is 1. The van der Waals surface area contributed by atoms with Crippen molar-refractivity contribution in [3.05, 3.63) is 33.9 Å². The van der Waals surface area contributed by atoms with Crippen molar-refractivity contribution in [1.29, 1.82) is 5.26 Å². The normalized spacial score (nSPS) is 9.95. The summed E-state index contributed by atoms with van der Waals surface area (Å²) in [5, 5.41) is 19.6. The highest BCUT2D eigenvalue weighted by Crippen LogP contribution is 2.25. The Hall–Kier alpha value is -2.46. The molecule has 112 valence electrons. The molecule has 0 saturated carbocycles. The monoisotopic (exact) mass is 291 g/mol. The van der Waals surface area contributed by atoms with E-state index in [1.807, 2.05) is 4.90 Å². The Morgan fingerprint density at radius 1 is 1.48 bits per heavy atom. The molecule has 0 unspecified atom stereocenters. The number of anilines is 1. The smallest absolute Gasteiger partial charge is 0.280 e. The molecule has 1 aromatic rings. The summed E-state index contributed by atoms with van der Waals surface area (Å²) in [5.41, 5.74) is 0.521. The van der Waals surface area contributed by atoms with Gasteiger partial charge >= 0.3 is 0 Å². The minimum Gasteiger partial charge on any atom is -0.383 e. The van der Waals surface area contributed by atoms with E-state index >= 15 is 0 Å². The number of carbonyl (C=O) groups is 1. The molecule has 0 radical (unpaired) electrons. The van der Waals surface area contributed by atoms with Crippen molar-refractivity contribution in [2.24, 2.45) is 0 Å². The molecular formula is C14H17N3O4. The molecule has 0 aliphatic rings. The molecule has 0 aliphatic heterocycles. The van der Waals surface area contributed by atoms with Crippen LogP contribution in [0.5, 0.6) is 0 Å². The number of benzene rings is 1. The molecule has 0 aliphatic carbocycles. The first-order valence-electron chi connectivity index (χ1n) is 6.41. The Labute approximate surface area is 122 Å². The van der Waals surface area contributed by atoms with Crippen molar-refractivity contribution in [1.82, 2.24) is 0 Å². The number of nitriles is 1. The average molecular weight is 291 g/mol. The molecule has 0 heterocycles. The molecule has 1 rings (SSSR count). The van der Waals surface area contributed by atoms with E-state index in [1.54, 1.807) is 13.2 Å². The number of hydrogen-bond acceptors (Lipinski definition) is 6. The molecule has 0 spiro atoms. The van der Waals surface area contributed by atoms with Crippen molar-refractivity contribution >= 4 is 17.2 Å². The predicted octanol–water partition coefficient (Wildman–Crippen LogP) is 2.16. The van der Waals surface area contributed by atoms with Crippen LogP contribution >= 0.6 is 0 Å². The van der Waals surface area contributed by atoms with Gasteiger partial charge in [-0.25, -0.2) is 0 Å². The van der Waals surface area contributed by atoms with Gasteiger partial charge in [-0.1, -0.05) is 0 Å². The molecule has 7 nitrogen and oxygen atoms in total. The molecule has 1 aromatic carbocycles. The van der Waals surface area contributed by atoms with Crippen molar-refractivity contribution in [3.63, 3.8) is 0 Å². The summed E-state index contributed by atoms with van der Waals surface area (Å²) in [5.74, 6) is -0.365. The lowest BCUT2D eigenvalue weighted by Gasteiger charge is -2.23. The van der Waals surface area contributed by atoms with Gasteiger partial charge in [-0.3, -0.25) is 14.9 Å². The number of rotatable bonds is 8. The third-order valence-corrected chi connectivity index (χ3v) is 2.98. The summed E-state index contributed by atoms with van der Waals surface area (Å²) in [6, 6.07) is 6.45. The van der Waals surface area contributed by atoms with Gasteiger partial charge in [-0.2, -0.15) is 5.26 Å². The van der Waals surface area contributed by atoms with Crippen molar-refractivity contribution in [2.75, 3.05) is 31.7 Å². The minimum absolute atomic E-state index is 0.0666. The van der Waals surface area contributed by atoms with E-state index in [-0.39, 0.29) is 17.0 Å². The summed E-state index contributed by atoms with van der Waals surface area (Å²) in [6.07, 6.45) is 0.316. The molecule has 0 N–H and O–H groups in total. The molecule has 0 fully saturated rings. The highest BCUT2D eigenvalue weighted by Gasteiger charge is 2.19. The first kappa shape index (κ1) is 16.6. The van der Waals surface area contributed by atoms with Gasteiger partial charge in [0.05, 0.1) is 29.6 Å². The first-order chi connectivity index (χ1) is 10.0. The number of carbonyl (C=O) groups excluding carboxylic acids is 1. The lowest BCUT2D eigenvalue weighted by molar-refractivity contribution is -0.385. The molecule has 0 bridgehead atoms. The van der Waals surface area contributed by atoms with Crippen LogP contribution in [-0.4, -0.2) is 37.5 Å².